The van der Waals surface area contributed by atoms with E-state index in [4.69, 9.17) is 17.0 Å². The van der Waals surface area contributed by atoms with E-state index in [1.165, 1.54) is 17.9 Å². The van der Waals surface area contributed by atoms with Gasteiger partial charge in [-0.15, -0.1) is 0 Å². The lowest BCUT2D eigenvalue weighted by Crippen LogP contribution is -2.28. The first-order valence-corrected chi connectivity index (χ1v) is 4.12. The number of aromatic amines is 1. The zero-order chi connectivity index (χ0) is 9.84. The van der Waals surface area contributed by atoms with Crippen LogP contribution in [0.2, 0.25) is 0 Å². The molecule has 13 heavy (non-hydrogen) atoms. The second-order valence-corrected chi connectivity index (χ2v) is 2.79. The molecule has 72 valence electrons. The van der Waals surface area contributed by atoms with Crippen LogP contribution >= 0.6 is 12.2 Å². The maximum Gasteiger partial charge on any atom is 0.297 e. The molecule has 5 nitrogen and oxygen atoms in total. The van der Waals surface area contributed by atoms with Crippen LogP contribution in [0.1, 0.15) is 0 Å². The van der Waals surface area contributed by atoms with E-state index in [9.17, 15) is 4.79 Å². The minimum atomic E-state index is -0.236. The molecule has 0 radical (unpaired) electrons. The summed E-state index contributed by atoms with van der Waals surface area (Å²) in [4.78, 5) is 14.3. The third-order valence-electron chi connectivity index (χ3n) is 1.56. The number of hydrogen-bond acceptors (Lipinski definition) is 4. The van der Waals surface area contributed by atoms with Crippen molar-refractivity contribution in [1.29, 1.82) is 0 Å². The largest absolute Gasteiger partial charge is 0.490 e. The summed E-state index contributed by atoms with van der Waals surface area (Å²) in [5.41, 5.74) is -0.236. The van der Waals surface area contributed by atoms with Crippen molar-refractivity contribution in [3.63, 3.8) is 0 Å². The molecule has 1 aromatic rings. The minimum Gasteiger partial charge on any atom is -0.490 e. The van der Waals surface area contributed by atoms with Crippen LogP contribution in [-0.4, -0.2) is 23.7 Å². The van der Waals surface area contributed by atoms with Crippen LogP contribution in [-0.2, 0) is 6.67 Å². The topological polar surface area (TPSA) is 59.1 Å². The van der Waals surface area contributed by atoms with Gasteiger partial charge in [-0.3, -0.25) is 9.36 Å². The number of hydrogen-bond donors (Lipinski definition) is 2. The summed E-state index contributed by atoms with van der Waals surface area (Å²) in [7, 11) is 3.18. The van der Waals surface area contributed by atoms with Crippen molar-refractivity contribution in [3.8, 4) is 5.75 Å². The summed E-state index contributed by atoms with van der Waals surface area (Å²) in [5, 5.41) is 2.84. The summed E-state index contributed by atoms with van der Waals surface area (Å²) in [6.45, 7) is 0.366. The van der Waals surface area contributed by atoms with E-state index in [0.29, 0.717) is 11.4 Å². The van der Waals surface area contributed by atoms with Gasteiger partial charge in [-0.2, -0.15) is 0 Å². The van der Waals surface area contributed by atoms with E-state index in [2.05, 4.69) is 10.3 Å². The first-order valence-electron chi connectivity index (χ1n) is 3.71. The summed E-state index contributed by atoms with van der Waals surface area (Å²) in [5.74, 6) is 0.254. The molecule has 0 spiro atoms. The molecule has 1 aromatic heterocycles. The van der Waals surface area contributed by atoms with Crippen LogP contribution in [0.15, 0.2) is 11.0 Å². The standard InChI is InChI=1S/C7H11N3O2S/c1-8-4-10-6(11)5(12-2)3-9-7(10)13/h3,8H,4H2,1-2H3,(H,9,13). The normalized spacial score (nSPS) is 10.0. The van der Waals surface area contributed by atoms with E-state index in [-0.39, 0.29) is 11.3 Å². The van der Waals surface area contributed by atoms with Gasteiger partial charge in [0.1, 0.15) is 0 Å². The fourth-order valence-corrected chi connectivity index (χ4v) is 1.15. The van der Waals surface area contributed by atoms with E-state index in [0.717, 1.165) is 0 Å². The smallest absolute Gasteiger partial charge is 0.297 e. The molecule has 0 aliphatic heterocycles. The van der Waals surface area contributed by atoms with Gasteiger partial charge in [-0.1, -0.05) is 0 Å². The maximum absolute atomic E-state index is 11.5. The highest BCUT2D eigenvalue weighted by molar-refractivity contribution is 7.71. The maximum atomic E-state index is 11.5. The van der Waals surface area contributed by atoms with Gasteiger partial charge in [0.05, 0.1) is 20.0 Å². The van der Waals surface area contributed by atoms with E-state index < -0.39 is 0 Å². The van der Waals surface area contributed by atoms with E-state index in [1.54, 1.807) is 7.05 Å². The third kappa shape index (κ3) is 1.96. The van der Waals surface area contributed by atoms with E-state index >= 15 is 0 Å². The Labute approximate surface area is 80.4 Å². The van der Waals surface area contributed by atoms with Crippen molar-refractivity contribution < 1.29 is 4.74 Å². The highest BCUT2D eigenvalue weighted by atomic mass is 32.1. The highest BCUT2D eigenvalue weighted by Crippen LogP contribution is 1.97. The molecular weight excluding hydrogens is 190 g/mol. The number of ether oxygens (including phenoxy) is 1. The van der Waals surface area contributed by atoms with Crippen molar-refractivity contribution >= 4 is 12.2 Å². The Morgan fingerprint density at radius 2 is 2.46 bits per heavy atom. The molecule has 2 N–H and O–H groups in total. The summed E-state index contributed by atoms with van der Waals surface area (Å²) < 4.78 is 6.61. The number of rotatable bonds is 3. The molecular formula is C7H11N3O2S. The molecule has 0 saturated heterocycles. The number of nitrogens with zero attached hydrogens (tertiary/aromatic N) is 1. The molecule has 6 heteroatoms. The van der Waals surface area contributed by atoms with Crippen molar-refractivity contribution in [2.45, 2.75) is 6.67 Å². The van der Waals surface area contributed by atoms with E-state index in [1.807, 2.05) is 0 Å². The van der Waals surface area contributed by atoms with Gasteiger partial charge in [-0.05, 0) is 19.3 Å². The van der Waals surface area contributed by atoms with Crippen LogP contribution in [0.5, 0.6) is 5.75 Å². The van der Waals surface area contributed by atoms with Crippen LogP contribution in [0.3, 0.4) is 0 Å². The molecule has 0 aliphatic rings. The zero-order valence-corrected chi connectivity index (χ0v) is 8.27. The molecule has 1 heterocycles. The Morgan fingerprint density at radius 3 is 3.00 bits per heavy atom. The minimum absolute atomic E-state index is 0.236. The van der Waals surface area contributed by atoms with Gasteiger partial charge in [0, 0.05) is 0 Å². The van der Waals surface area contributed by atoms with Gasteiger partial charge in [-0.25, -0.2) is 0 Å². The Bertz CT molecular complexity index is 395. The number of nitrogens with one attached hydrogen (secondary N) is 2. The molecule has 0 aliphatic carbocycles. The van der Waals surface area contributed by atoms with Crippen molar-refractivity contribution in [1.82, 2.24) is 14.9 Å². The van der Waals surface area contributed by atoms with Gasteiger partial charge in [0.25, 0.3) is 5.56 Å². The lowest BCUT2D eigenvalue weighted by molar-refractivity contribution is 0.396. The van der Waals surface area contributed by atoms with Gasteiger partial charge in [0.15, 0.2) is 4.77 Å². The summed E-state index contributed by atoms with van der Waals surface area (Å²) in [6, 6.07) is 0. The molecule has 0 atom stereocenters. The fraction of sp³-hybridized carbons (Fsp3) is 0.429. The number of methoxy groups -OCH3 is 1. The highest BCUT2D eigenvalue weighted by Gasteiger charge is 2.03. The molecule has 0 unspecified atom stereocenters. The Kier molecular flexibility index (Phi) is 3.21. The monoisotopic (exact) mass is 201 g/mol. The van der Waals surface area contributed by atoms with Crippen molar-refractivity contribution in [3.05, 3.63) is 21.3 Å². The molecule has 1 rings (SSSR count). The van der Waals surface area contributed by atoms with Gasteiger partial charge in [0.2, 0.25) is 5.75 Å². The first kappa shape index (κ1) is 9.94. The zero-order valence-electron chi connectivity index (χ0n) is 7.46. The van der Waals surface area contributed by atoms with Crippen molar-refractivity contribution in [2.24, 2.45) is 0 Å². The predicted molar refractivity (Wildman–Crippen MR) is 51.5 cm³/mol. The van der Waals surface area contributed by atoms with Crippen LogP contribution in [0, 0.1) is 4.77 Å². The summed E-state index contributed by atoms with van der Waals surface area (Å²) >= 11 is 4.92. The SMILES string of the molecule is CNCn1c(=S)[nH]cc(OC)c1=O. The van der Waals surface area contributed by atoms with Crippen LogP contribution < -0.4 is 15.6 Å². The quantitative estimate of drug-likeness (QED) is 0.680. The molecule has 0 amide bonds. The second kappa shape index (κ2) is 4.20. The third-order valence-corrected chi connectivity index (χ3v) is 1.90. The lowest BCUT2D eigenvalue weighted by Gasteiger charge is -2.06. The van der Waals surface area contributed by atoms with Gasteiger partial charge >= 0.3 is 0 Å². The second-order valence-electron chi connectivity index (χ2n) is 2.41. The number of H-pyrrole nitrogens is 1. The van der Waals surface area contributed by atoms with Crippen molar-refractivity contribution in [2.75, 3.05) is 14.2 Å². The first-order chi connectivity index (χ1) is 6.20. The fourth-order valence-electron chi connectivity index (χ4n) is 0.940. The Morgan fingerprint density at radius 1 is 1.77 bits per heavy atom. The van der Waals surface area contributed by atoms with Gasteiger partial charge < -0.3 is 15.0 Å². The average molecular weight is 201 g/mol. The van der Waals surface area contributed by atoms with Crippen LogP contribution in [0.4, 0.5) is 0 Å². The summed E-state index contributed by atoms with van der Waals surface area (Å²) in [6.07, 6.45) is 1.46. The molecule has 0 fully saturated rings. The average Bonchev–Trinajstić information content (AvgIpc) is 2.12. The predicted octanol–water partition coefficient (Wildman–Crippen LogP) is 0.0914. The Hall–Kier alpha value is -1.14. The molecule has 0 aromatic carbocycles. The molecule has 0 bridgehead atoms. The molecule has 0 saturated carbocycles. The Balaban J connectivity index is 3.31. The lowest BCUT2D eigenvalue weighted by atomic mass is 10.6. The van der Waals surface area contributed by atoms with Crippen LogP contribution in [0.25, 0.3) is 0 Å². The number of aromatic nitrogens is 2.